The molecule has 0 saturated carbocycles. The lowest BCUT2D eigenvalue weighted by Gasteiger charge is -2.36. The van der Waals surface area contributed by atoms with Gasteiger partial charge in [0.05, 0.1) is 4.34 Å². The molecule has 1 saturated heterocycles. The Balaban J connectivity index is 2.22. The van der Waals surface area contributed by atoms with Crippen molar-refractivity contribution >= 4 is 22.9 Å². The number of halogens is 1. The Hall–Kier alpha value is -0.0900. The molecule has 1 aliphatic heterocycles. The van der Waals surface area contributed by atoms with Gasteiger partial charge in [-0.25, -0.2) is 0 Å². The molecule has 1 atom stereocenters. The van der Waals surface area contributed by atoms with E-state index in [4.69, 9.17) is 11.6 Å². The second-order valence-corrected chi connectivity index (χ2v) is 5.69. The molecule has 1 aromatic heterocycles. The summed E-state index contributed by atoms with van der Waals surface area (Å²) in [4.78, 5) is 3.16. The van der Waals surface area contributed by atoms with E-state index < -0.39 is 5.60 Å². The average Bonchev–Trinajstić information content (AvgIpc) is 2.52. The summed E-state index contributed by atoms with van der Waals surface area (Å²) in [6.07, 6.45) is 1.89. The second-order valence-electron chi connectivity index (χ2n) is 3.98. The van der Waals surface area contributed by atoms with Crippen LogP contribution in [0.4, 0.5) is 0 Å². The lowest BCUT2D eigenvalue weighted by atomic mass is 9.92. The predicted octanol–water partition coefficient (Wildman–Crippen LogP) is 2.31. The van der Waals surface area contributed by atoms with Crippen LogP contribution in [0.1, 0.15) is 17.7 Å². The molecule has 1 fully saturated rings. The Labute approximate surface area is 93.1 Å². The van der Waals surface area contributed by atoms with Gasteiger partial charge in [-0.3, -0.25) is 0 Å². The van der Waals surface area contributed by atoms with Gasteiger partial charge in [0.1, 0.15) is 5.60 Å². The lowest BCUT2D eigenvalue weighted by molar-refractivity contribution is -0.0247. The van der Waals surface area contributed by atoms with Crippen LogP contribution in [0.5, 0.6) is 0 Å². The van der Waals surface area contributed by atoms with Crippen molar-refractivity contribution in [3.8, 4) is 0 Å². The smallest absolute Gasteiger partial charge is 0.111 e. The SMILES string of the molecule is CN1CCCC(O)(c2ccc(Cl)s2)C1. The number of thiophene rings is 1. The average molecular weight is 232 g/mol. The van der Waals surface area contributed by atoms with Crippen molar-refractivity contribution < 1.29 is 5.11 Å². The number of β-amino-alcohol motifs (C(OH)–C–C–N with tert-alkyl or cyclic N) is 1. The third kappa shape index (κ3) is 1.96. The van der Waals surface area contributed by atoms with E-state index in [1.54, 1.807) is 0 Å². The molecular formula is C10H14ClNOS. The number of piperidine rings is 1. The molecule has 0 spiro atoms. The Bertz CT molecular complexity index is 328. The van der Waals surface area contributed by atoms with Crippen LogP contribution in [0.2, 0.25) is 4.34 Å². The van der Waals surface area contributed by atoms with Gasteiger partial charge in [-0.15, -0.1) is 11.3 Å². The molecule has 0 amide bonds. The molecule has 1 aromatic rings. The van der Waals surface area contributed by atoms with Gasteiger partial charge in [0, 0.05) is 11.4 Å². The third-order valence-electron chi connectivity index (χ3n) is 2.69. The van der Waals surface area contributed by atoms with Crippen molar-refractivity contribution in [2.24, 2.45) is 0 Å². The van der Waals surface area contributed by atoms with Gasteiger partial charge in [-0.05, 0) is 38.6 Å². The van der Waals surface area contributed by atoms with Gasteiger partial charge in [-0.2, -0.15) is 0 Å². The van der Waals surface area contributed by atoms with E-state index in [1.807, 2.05) is 19.2 Å². The Morgan fingerprint density at radius 3 is 2.93 bits per heavy atom. The molecule has 1 unspecified atom stereocenters. The topological polar surface area (TPSA) is 23.5 Å². The first-order chi connectivity index (χ1) is 6.60. The molecule has 2 rings (SSSR count). The molecule has 2 nitrogen and oxygen atoms in total. The van der Waals surface area contributed by atoms with Crippen molar-refractivity contribution in [1.29, 1.82) is 0 Å². The van der Waals surface area contributed by atoms with Gasteiger partial charge in [0.25, 0.3) is 0 Å². The fraction of sp³-hybridized carbons (Fsp3) is 0.600. The van der Waals surface area contributed by atoms with E-state index >= 15 is 0 Å². The van der Waals surface area contributed by atoms with Gasteiger partial charge in [0.2, 0.25) is 0 Å². The zero-order chi connectivity index (χ0) is 10.2. The minimum Gasteiger partial charge on any atom is -0.383 e. The summed E-state index contributed by atoms with van der Waals surface area (Å²) >= 11 is 7.36. The van der Waals surface area contributed by atoms with Crippen LogP contribution in [0, 0.1) is 0 Å². The van der Waals surface area contributed by atoms with Crippen LogP contribution in [0.25, 0.3) is 0 Å². The summed E-state index contributed by atoms with van der Waals surface area (Å²) in [7, 11) is 2.04. The number of likely N-dealkylation sites (tertiary alicyclic amines) is 1. The van der Waals surface area contributed by atoms with Crippen LogP contribution in [0.15, 0.2) is 12.1 Å². The van der Waals surface area contributed by atoms with Crippen molar-refractivity contribution in [3.63, 3.8) is 0 Å². The highest BCUT2D eigenvalue weighted by molar-refractivity contribution is 7.16. The number of hydrogen-bond donors (Lipinski definition) is 1. The molecule has 0 radical (unpaired) electrons. The number of rotatable bonds is 1. The maximum atomic E-state index is 10.4. The van der Waals surface area contributed by atoms with E-state index in [0.717, 1.165) is 28.6 Å². The highest BCUT2D eigenvalue weighted by Crippen LogP contribution is 2.36. The monoisotopic (exact) mass is 231 g/mol. The maximum absolute atomic E-state index is 10.4. The molecule has 4 heteroatoms. The maximum Gasteiger partial charge on any atom is 0.111 e. The molecule has 1 aliphatic rings. The van der Waals surface area contributed by atoms with Crippen molar-refractivity contribution in [1.82, 2.24) is 4.90 Å². The van der Waals surface area contributed by atoms with Crippen molar-refractivity contribution in [2.45, 2.75) is 18.4 Å². The first kappa shape index (κ1) is 10.4. The minimum atomic E-state index is -0.676. The Morgan fingerprint density at radius 2 is 2.36 bits per heavy atom. The molecule has 78 valence electrons. The fourth-order valence-electron chi connectivity index (χ4n) is 2.01. The van der Waals surface area contributed by atoms with Gasteiger partial charge in [-0.1, -0.05) is 11.6 Å². The van der Waals surface area contributed by atoms with Crippen LogP contribution in [0.3, 0.4) is 0 Å². The summed E-state index contributed by atoms with van der Waals surface area (Å²) in [6, 6.07) is 3.79. The van der Waals surface area contributed by atoms with Gasteiger partial charge < -0.3 is 10.0 Å². The molecule has 0 bridgehead atoms. The number of nitrogens with zero attached hydrogens (tertiary/aromatic N) is 1. The summed E-state index contributed by atoms with van der Waals surface area (Å²) in [5, 5.41) is 10.4. The third-order valence-corrected chi connectivity index (χ3v) is 4.12. The predicted molar refractivity (Wildman–Crippen MR) is 60.0 cm³/mol. The van der Waals surface area contributed by atoms with E-state index in [0.29, 0.717) is 6.54 Å². The van der Waals surface area contributed by atoms with Gasteiger partial charge >= 0.3 is 0 Å². The highest BCUT2D eigenvalue weighted by Gasteiger charge is 2.34. The quantitative estimate of drug-likeness (QED) is 0.802. The molecule has 0 aliphatic carbocycles. The Morgan fingerprint density at radius 1 is 1.57 bits per heavy atom. The van der Waals surface area contributed by atoms with Crippen LogP contribution >= 0.6 is 22.9 Å². The Kier molecular flexibility index (Phi) is 2.84. The van der Waals surface area contributed by atoms with Gasteiger partial charge in [0.15, 0.2) is 0 Å². The summed E-state index contributed by atoms with van der Waals surface area (Å²) in [5.41, 5.74) is -0.676. The lowest BCUT2D eigenvalue weighted by Crippen LogP contribution is -2.43. The standard InChI is InChI=1S/C10H14ClNOS/c1-12-6-2-5-10(13,7-12)8-3-4-9(11)14-8/h3-4,13H,2,5-7H2,1H3. The van der Waals surface area contributed by atoms with E-state index in [-0.39, 0.29) is 0 Å². The zero-order valence-corrected chi connectivity index (χ0v) is 9.74. The minimum absolute atomic E-state index is 0.676. The van der Waals surface area contributed by atoms with Crippen LogP contribution < -0.4 is 0 Å². The van der Waals surface area contributed by atoms with Crippen LogP contribution in [-0.4, -0.2) is 30.1 Å². The van der Waals surface area contributed by atoms with E-state index in [9.17, 15) is 5.11 Å². The summed E-state index contributed by atoms with van der Waals surface area (Å²) in [6.45, 7) is 1.78. The number of aliphatic hydroxyl groups is 1. The van der Waals surface area contributed by atoms with Crippen molar-refractivity contribution in [2.75, 3.05) is 20.1 Å². The summed E-state index contributed by atoms with van der Waals surface area (Å²) in [5.74, 6) is 0. The van der Waals surface area contributed by atoms with E-state index in [1.165, 1.54) is 11.3 Å². The first-order valence-corrected chi connectivity index (χ1v) is 5.96. The fourth-order valence-corrected chi connectivity index (χ4v) is 3.16. The molecule has 2 heterocycles. The largest absolute Gasteiger partial charge is 0.383 e. The molecule has 14 heavy (non-hydrogen) atoms. The molecular weight excluding hydrogens is 218 g/mol. The highest BCUT2D eigenvalue weighted by atomic mass is 35.5. The number of hydrogen-bond acceptors (Lipinski definition) is 3. The van der Waals surface area contributed by atoms with Crippen molar-refractivity contribution in [3.05, 3.63) is 21.3 Å². The first-order valence-electron chi connectivity index (χ1n) is 4.77. The van der Waals surface area contributed by atoms with E-state index in [2.05, 4.69) is 4.90 Å². The summed E-state index contributed by atoms with van der Waals surface area (Å²) < 4.78 is 0.752. The second kappa shape index (κ2) is 3.81. The molecule has 1 N–H and O–H groups in total. The molecule has 0 aromatic carbocycles. The normalized spacial score (nSPS) is 29.4. The van der Waals surface area contributed by atoms with Crippen LogP contribution in [-0.2, 0) is 5.60 Å². The zero-order valence-electron chi connectivity index (χ0n) is 8.16. The number of likely N-dealkylation sites (N-methyl/N-ethyl adjacent to an activating group) is 1.